The third-order valence-electron chi connectivity index (χ3n) is 4.59. The Morgan fingerprint density at radius 3 is 2.77 bits per heavy atom. The minimum absolute atomic E-state index is 0.0218. The van der Waals surface area contributed by atoms with Crippen LogP contribution in [-0.4, -0.2) is 23.4 Å². The van der Waals surface area contributed by atoms with Crippen LogP contribution in [0.2, 0.25) is 10.0 Å². The summed E-state index contributed by atoms with van der Waals surface area (Å²) in [5.74, 6) is 0.315. The molecule has 0 aliphatic heterocycles. The summed E-state index contributed by atoms with van der Waals surface area (Å²) < 4.78 is 5.55. The molecule has 160 valence electrons. The van der Waals surface area contributed by atoms with E-state index in [4.69, 9.17) is 27.9 Å². The van der Waals surface area contributed by atoms with Crippen molar-refractivity contribution in [2.75, 3.05) is 17.2 Å². The van der Waals surface area contributed by atoms with Gasteiger partial charge >= 0.3 is 0 Å². The maximum atomic E-state index is 12.2. The number of halogens is 2. The number of aromatic nitrogens is 1. The second kappa shape index (κ2) is 9.68. The molecule has 1 aromatic heterocycles. The summed E-state index contributed by atoms with van der Waals surface area (Å²) in [5, 5.41) is 7.31. The number of carbonyl (C=O) groups excluding carboxylic acids is 2. The van der Waals surface area contributed by atoms with Crippen molar-refractivity contribution in [1.29, 1.82) is 0 Å². The first-order valence-corrected chi connectivity index (χ1v) is 11.3. The van der Waals surface area contributed by atoms with Crippen molar-refractivity contribution in [2.45, 2.75) is 19.3 Å². The molecule has 31 heavy (non-hydrogen) atoms. The van der Waals surface area contributed by atoms with Crippen LogP contribution >= 0.6 is 34.5 Å². The number of thiazole rings is 1. The first kappa shape index (κ1) is 21.6. The van der Waals surface area contributed by atoms with Gasteiger partial charge in [-0.25, -0.2) is 4.98 Å². The lowest BCUT2D eigenvalue weighted by Crippen LogP contribution is -2.20. The Kier molecular flexibility index (Phi) is 6.75. The molecule has 0 radical (unpaired) electrons. The maximum absolute atomic E-state index is 12.2. The van der Waals surface area contributed by atoms with Crippen LogP contribution in [0.4, 0.5) is 10.8 Å². The van der Waals surface area contributed by atoms with Crippen molar-refractivity contribution in [3.05, 3.63) is 69.1 Å². The second-order valence-electron chi connectivity index (χ2n) is 7.17. The van der Waals surface area contributed by atoms with Crippen LogP contribution in [-0.2, 0) is 16.0 Å². The zero-order chi connectivity index (χ0) is 21.8. The van der Waals surface area contributed by atoms with Gasteiger partial charge in [0.05, 0.1) is 0 Å². The molecule has 0 bridgehead atoms. The second-order valence-corrected chi connectivity index (χ2v) is 9.13. The molecule has 2 aromatic carbocycles. The molecule has 1 saturated carbocycles. The topological polar surface area (TPSA) is 80.3 Å². The van der Waals surface area contributed by atoms with Crippen molar-refractivity contribution < 1.29 is 14.3 Å². The Bertz CT molecular complexity index is 1110. The number of anilines is 2. The minimum atomic E-state index is -0.325. The van der Waals surface area contributed by atoms with E-state index in [9.17, 15) is 9.59 Å². The predicted molar refractivity (Wildman–Crippen MR) is 123 cm³/mol. The number of hydrogen-bond acceptors (Lipinski definition) is 5. The standard InChI is InChI=1S/C22H19Cl2N3O3S/c23-15-6-7-19(24)14(8-15)9-18-11-25-22(31-18)27-20(28)12-30-17-3-1-2-16(10-17)26-21(29)13-4-5-13/h1-3,6-8,10-11,13H,4-5,9,12H2,(H,26,29)(H,25,27,28). The zero-order valence-corrected chi connectivity index (χ0v) is 18.7. The van der Waals surface area contributed by atoms with Crippen molar-refractivity contribution >= 4 is 57.2 Å². The Morgan fingerprint density at radius 2 is 1.97 bits per heavy atom. The van der Waals surface area contributed by atoms with E-state index < -0.39 is 0 Å². The molecule has 0 unspecified atom stereocenters. The molecular weight excluding hydrogens is 457 g/mol. The molecule has 6 nitrogen and oxygen atoms in total. The van der Waals surface area contributed by atoms with Gasteiger partial charge < -0.3 is 10.1 Å². The van der Waals surface area contributed by atoms with Gasteiger partial charge in [0, 0.05) is 45.2 Å². The van der Waals surface area contributed by atoms with Crippen molar-refractivity contribution in [3.63, 3.8) is 0 Å². The van der Waals surface area contributed by atoms with E-state index in [1.165, 1.54) is 11.3 Å². The summed E-state index contributed by atoms with van der Waals surface area (Å²) in [6, 6.07) is 12.3. The lowest BCUT2D eigenvalue weighted by Gasteiger charge is -2.09. The third-order valence-corrected chi connectivity index (χ3v) is 6.11. The fraction of sp³-hybridized carbons (Fsp3) is 0.227. The van der Waals surface area contributed by atoms with Crippen molar-refractivity contribution in [3.8, 4) is 5.75 Å². The SMILES string of the molecule is O=C(COc1cccc(NC(=O)C2CC2)c1)Nc1ncc(Cc2cc(Cl)ccc2Cl)s1. The van der Waals surface area contributed by atoms with Crippen LogP contribution in [0.15, 0.2) is 48.7 Å². The number of hydrogen-bond donors (Lipinski definition) is 2. The normalized spacial score (nSPS) is 13.0. The molecule has 1 fully saturated rings. The van der Waals surface area contributed by atoms with E-state index in [-0.39, 0.29) is 24.3 Å². The van der Waals surface area contributed by atoms with Crippen LogP contribution in [0.3, 0.4) is 0 Å². The number of amides is 2. The van der Waals surface area contributed by atoms with E-state index in [1.807, 2.05) is 6.07 Å². The van der Waals surface area contributed by atoms with Gasteiger partial charge in [-0.15, -0.1) is 11.3 Å². The Labute approximate surface area is 193 Å². The summed E-state index contributed by atoms with van der Waals surface area (Å²) in [6.45, 7) is -0.172. The predicted octanol–water partition coefficient (Wildman–Crippen LogP) is 5.41. The average molecular weight is 476 g/mol. The molecule has 1 aliphatic carbocycles. The maximum Gasteiger partial charge on any atom is 0.264 e. The van der Waals surface area contributed by atoms with E-state index in [0.717, 1.165) is 23.3 Å². The molecule has 4 rings (SSSR count). The molecule has 9 heteroatoms. The van der Waals surface area contributed by atoms with Gasteiger partial charge in [0.1, 0.15) is 5.75 Å². The monoisotopic (exact) mass is 475 g/mol. The van der Waals surface area contributed by atoms with Gasteiger partial charge in [-0.05, 0) is 48.7 Å². The van der Waals surface area contributed by atoms with Gasteiger partial charge in [0.25, 0.3) is 5.91 Å². The zero-order valence-electron chi connectivity index (χ0n) is 16.4. The Morgan fingerprint density at radius 1 is 1.13 bits per heavy atom. The number of ether oxygens (including phenoxy) is 1. The highest BCUT2D eigenvalue weighted by Crippen LogP contribution is 2.31. The van der Waals surface area contributed by atoms with Gasteiger partial charge in [0.15, 0.2) is 11.7 Å². The summed E-state index contributed by atoms with van der Waals surface area (Å²) in [6.07, 6.45) is 4.15. The van der Waals surface area contributed by atoms with E-state index in [2.05, 4.69) is 15.6 Å². The van der Waals surface area contributed by atoms with Gasteiger partial charge in [-0.2, -0.15) is 0 Å². The Balaban J connectivity index is 1.28. The quantitative estimate of drug-likeness (QED) is 0.456. The fourth-order valence-electron chi connectivity index (χ4n) is 2.87. The summed E-state index contributed by atoms with van der Waals surface area (Å²) in [7, 11) is 0. The lowest BCUT2D eigenvalue weighted by atomic mass is 10.1. The summed E-state index contributed by atoms with van der Waals surface area (Å²) >= 11 is 13.6. The van der Waals surface area contributed by atoms with Gasteiger partial charge in [-0.3, -0.25) is 14.9 Å². The molecule has 2 amide bonds. The van der Waals surface area contributed by atoms with Gasteiger partial charge in [-0.1, -0.05) is 29.3 Å². The van der Waals surface area contributed by atoms with Crippen LogP contribution in [0, 0.1) is 5.92 Å². The van der Waals surface area contributed by atoms with E-state index in [0.29, 0.717) is 33.0 Å². The number of nitrogens with zero attached hydrogens (tertiary/aromatic N) is 1. The van der Waals surface area contributed by atoms with Crippen LogP contribution in [0.25, 0.3) is 0 Å². The molecule has 1 aliphatic rings. The first-order valence-electron chi connectivity index (χ1n) is 9.68. The highest BCUT2D eigenvalue weighted by atomic mass is 35.5. The van der Waals surface area contributed by atoms with E-state index in [1.54, 1.807) is 42.6 Å². The third kappa shape index (κ3) is 6.19. The fourth-order valence-corrected chi connectivity index (χ4v) is 4.10. The number of nitrogens with one attached hydrogen (secondary N) is 2. The molecule has 2 N–H and O–H groups in total. The number of rotatable bonds is 8. The van der Waals surface area contributed by atoms with E-state index >= 15 is 0 Å². The lowest BCUT2D eigenvalue weighted by molar-refractivity contribution is -0.118. The Hall–Kier alpha value is -2.61. The van der Waals surface area contributed by atoms with Crippen molar-refractivity contribution in [1.82, 2.24) is 4.98 Å². The van der Waals surface area contributed by atoms with Gasteiger partial charge in [0.2, 0.25) is 5.91 Å². The van der Waals surface area contributed by atoms with Crippen LogP contribution < -0.4 is 15.4 Å². The first-order chi connectivity index (χ1) is 15.0. The average Bonchev–Trinajstić information content (AvgIpc) is 3.51. The molecule has 1 heterocycles. The molecule has 0 spiro atoms. The number of carbonyl (C=O) groups is 2. The smallest absolute Gasteiger partial charge is 0.264 e. The minimum Gasteiger partial charge on any atom is -0.484 e. The molecular formula is C22H19Cl2N3O3S. The highest BCUT2D eigenvalue weighted by Gasteiger charge is 2.29. The van der Waals surface area contributed by atoms with Crippen LogP contribution in [0.5, 0.6) is 5.75 Å². The highest BCUT2D eigenvalue weighted by molar-refractivity contribution is 7.15. The summed E-state index contributed by atoms with van der Waals surface area (Å²) in [5.41, 5.74) is 1.55. The summed E-state index contributed by atoms with van der Waals surface area (Å²) in [4.78, 5) is 29.3. The number of benzene rings is 2. The molecule has 0 atom stereocenters. The van der Waals surface area contributed by atoms with Crippen LogP contribution in [0.1, 0.15) is 23.3 Å². The largest absolute Gasteiger partial charge is 0.484 e. The molecule has 3 aromatic rings. The van der Waals surface area contributed by atoms with Crippen molar-refractivity contribution in [2.24, 2.45) is 5.92 Å². The molecule has 0 saturated heterocycles.